The van der Waals surface area contributed by atoms with Gasteiger partial charge in [-0.3, -0.25) is 14.5 Å². The average Bonchev–Trinajstić information content (AvgIpc) is 3.12. The number of H-pyrrole nitrogens is 1. The van der Waals surface area contributed by atoms with Crippen LogP contribution in [0.15, 0.2) is 46.8 Å². The van der Waals surface area contributed by atoms with E-state index < -0.39 is 12.9 Å². The fourth-order valence-corrected chi connectivity index (χ4v) is 7.19. The standard InChI is InChI=1S/C20H21N2O3PS3/c1-4-25-26(24,16-8-6-5-7-9-16)18(23)17-13(2)10-15(11-14(17)3)12-28-20-22-21-19(27)29-20/h5-11H,4,12H2,1-3H3,(H,21,27). The summed E-state index contributed by atoms with van der Waals surface area (Å²) < 4.78 is 20.7. The quantitative estimate of drug-likeness (QED) is 0.255. The summed E-state index contributed by atoms with van der Waals surface area (Å²) in [5.41, 5.74) is 2.65. The lowest BCUT2D eigenvalue weighted by atomic mass is 10.0. The van der Waals surface area contributed by atoms with E-state index in [0.717, 1.165) is 21.0 Å². The van der Waals surface area contributed by atoms with Gasteiger partial charge in [0.25, 0.3) is 5.52 Å². The molecule has 0 spiro atoms. The van der Waals surface area contributed by atoms with Crippen molar-refractivity contribution >= 4 is 53.5 Å². The van der Waals surface area contributed by atoms with Crippen molar-refractivity contribution in [3.05, 3.63) is 68.7 Å². The van der Waals surface area contributed by atoms with Gasteiger partial charge in [0.15, 0.2) is 8.29 Å². The van der Waals surface area contributed by atoms with E-state index in [1.165, 1.54) is 11.3 Å². The molecule has 0 saturated heterocycles. The highest BCUT2D eigenvalue weighted by Crippen LogP contribution is 2.50. The second-order valence-electron chi connectivity index (χ2n) is 6.38. The number of hydrogen-bond donors (Lipinski definition) is 1. The summed E-state index contributed by atoms with van der Waals surface area (Å²) in [7, 11) is -3.68. The van der Waals surface area contributed by atoms with Crippen LogP contribution in [0.4, 0.5) is 0 Å². The van der Waals surface area contributed by atoms with Gasteiger partial charge in [0.2, 0.25) is 0 Å². The summed E-state index contributed by atoms with van der Waals surface area (Å²) in [6.07, 6.45) is 0. The largest absolute Gasteiger partial charge is 0.320 e. The number of aromatic amines is 1. The van der Waals surface area contributed by atoms with Crippen LogP contribution in [0.2, 0.25) is 0 Å². The third-order valence-electron chi connectivity index (χ3n) is 4.26. The van der Waals surface area contributed by atoms with Gasteiger partial charge in [0, 0.05) is 16.6 Å². The number of carbonyl (C=O) groups is 1. The number of carbonyl (C=O) groups excluding carboxylic acids is 1. The van der Waals surface area contributed by atoms with Gasteiger partial charge in [-0.2, -0.15) is 5.10 Å². The van der Waals surface area contributed by atoms with Crippen molar-refractivity contribution < 1.29 is 13.9 Å². The number of nitrogens with one attached hydrogen (secondary N) is 1. The van der Waals surface area contributed by atoms with Crippen molar-refractivity contribution in [2.45, 2.75) is 30.9 Å². The van der Waals surface area contributed by atoms with Crippen molar-refractivity contribution in [1.82, 2.24) is 10.2 Å². The molecule has 152 valence electrons. The maximum absolute atomic E-state index is 13.6. The average molecular weight is 465 g/mol. The molecule has 1 heterocycles. The van der Waals surface area contributed by atoms with Crippen LogP contribution in [0.3, 0.4) is 0 Å². The van der Waals surface area contributed by atoms with E-state index in [1.54, 1.807) is 43.0 Å². The Bertz CT molecular complexity index is 1100. The van der Waals surface area contributed by atoms with Crippen molar-refractivity contribution in [3.8, 4) is 0 Å². The van der Waals surface area contributed by atoms with Crippen LogP contribution in [0.5, 0.6) is 0 Å². The lowest BCUT2D eigenvalue weighted by Gasteiger charge is -2.19. The molecule has 3 aromatic rings. The molecule has 0 aliphatic carbocycles. The number of aryl methyl sites for hydroxylation is 2. The Morgan fingerprint density at radius 2 is 1.90 bits per heavy atom. The minimum absolute atomic E-state index is 0.195. The van der Waals surface area contributed by atoms with Crippen LogP contribution < -0.4 is 5.30 Å². The van der Waals surface area contributed by atoms with Crippen LogP contribution in [0.25, 0.3) is 0 Å². The maximum atomic E-state index is 13.6. The van der Waals surface area contributed by atoms with E-state index >= 15 is 0 Å². The molecule has 0 radical (unpaired) electrons. The molecule has 0 fully saturated rings. The van der Waals surface area contributed by atoms with Crippen LogP contribution in [-0.2, 0) is 14.8 Å². The first kappa shape index (κ1) is 22.1. The topological polar surface area (TPSA) is 72.1 Å². The number of benzene rings is 2. The van der Waals surface area contributed by atoms with E-state index in [9.17, 15) is 9.36 Å². The number of aromatic nitrogens is 2. The zero-order valence-electron chi connectivity index (χ0n) is 16.3. The first-order chi connectivity index (χ1) is 13.8. The summed E-state index contributed by atoms with van der Waals surface area (Å²) in [4.78, 5) is 13.4. The number of rotatable bonds is 8. The fourth-order valence-electron chi connectivity index (χ4n) is 3.10. The molecule has 1 unspecified atom stereocenters. The number of nitrogens with zero attached hydrogens (tertiary/aromatic N) is 1. The van der Waals surface area contributed by atoms with E-state index in [2.05, 4.69) is 10.2 Å². The van der Waals surface area contributed by atoms with Gasteiger partial charge in [0.05, 0.1) is 6.61 Å². The molecule has 9 heteroatoms. The van der Waals surface area contributed by atoms with E-state index in [4.69, 9.17) is 16.7 Å². The van der Waals surface area contributed by atoms with Gasteiger partial charge in [-0.25, -0.2) is 0 Å². The molecule has 0 amide bonds. The Hall–Kier alpha value is -1.57. The van der Waals surface area contributed by atoms with Gasteiger partial charge in [-0.15, -0.1) is 0 Å². The summed E-state index contributed by atoms with van der Waals surface area (Å²) in [6, 6.07) is 12.6. The van der Waals surface area contributed by atoms with E-state index in [1.807, 2.05) is 32.0 Å². The Kier molecular flexibility index (Phi) is 7.24. The summed E-state index contributed by atoms with van der Waals surface area (Å²) in [6.45, 7) is 5.68. The van der Waals surface area contributed by atoms with E-state index in [0.29, 0.717) is 20.6 Å². The smallest absolute Gasteiger partial charge is 0.300 e. The minimum Gasteiger partial charge on any atom is -0.320 e. The molecule has 0 saturated carbocycles. The monoisotopic (exact) mass is 464 g/mol. The van der Waals surface area contributed by atoms with Gasteiger partial charge >= 0.3 is 7.37 Å². The predicted octanol–water partition coefficient (Wildman–Crippen LogP) is 5.89. The molecule has 29 heavy (non-hydrogen) atoms. The molecular weight excluding hydrogens is 443 g/mol. The first-order valence-electron chi connectivity index (χ1n) is 8.98. The van der Waals surface area contributed by atoms with Gasteiger partial charge < -0.3 is 4.52 Å². The molecule has 3 rings (SSSR count). The summed E-state index contributed by atoms with van der Waals surface area (Å²) in [5, 5.41) is 7.34. The molecule has 5 nitrogen and oxygen atoms in total. The number of hydrogen-bond acceptors (Lipinski definition) is 7. The Morgan fingerprint density at radius 1 is 1.24 bits per heavy atom. The zero-order valence-corrected chi connectivity index (χ0v) is 19.6. The Balaban J connectivity index is 1.92. The Morgan fingerprint density at radius 3 is 2.45 bits per heavy atom. The molecule has 1 N–H and O–H groups in total. The summed E-state index contributed by atoms with van der Waals surface area (Å²) >= 11 is 8.07. The number of thioether (sulfide) groups is 1. The molecule has 1 atom stereocenters. The van der Waals surface area contributed by atoms with Crippen molar-refractivity contribution in [2.24, 2.45) is 0 Å². The normalized spacial score (nSPS) is 13.2. The molecular formula is C20H21N2O3PS3. The predicted molar refractivity (Wildman–Crippen MR) is 122 cm³/mol. The maximum Gasteiger partial charge on any atom is 0.300 e. The van der Waals surface area contributed by atoms with Crippen LogP contribution in [0.1, 0.15) is 34.0 Å². The van der Waals surface area contributed by atoms with Crippen molar-refractivity contribution in [2.75, 3.05) is 6.61 Å². The zero-order chi connectivity index (χ0) is 21.0. The van der Waals surface area contributed by atoms with Crippen molar-refractivity contribution in [3.63, 3.8) is 0 Å². The lowest BCUT2D eigenvalue weighted by molar-refractivity contribution is 0.105. The van der Waals surface area contributed by atoms with Crippen molar-refractivity contribution in [1.29, 1.82) is 0 Å². The highest BCUT2D eigenvalue weighted by Gasteiger charge is 2.37. The fraction of sp³-hybridized carbons (Fsp3) is 0.250. The summed E-state index contributed by atoms with van der Waals surface area (Å²) in [5.74, 6) is 0.702. The highest BCUT2D eigenvalue weighted by atomic mass is 32.2. The van der Waals surface area contributed by atoms with Gasteiger partial charge in [-0.05, 0) is 61.8 Å². The highest BCUT2D eigenvalue weighted by molar-refractivity contribution is 8.00. The third kappa shape index (κ3) is 4.95. The Labute approximate surface area is 183 Å². The minimum atomic E-state index is -3.68. The van der Waals surface area contributed by atoms with Crippen LogP contribution in [-0.4, -0.2) is 22.3 Å². The molecule has 0 aliphatic heterocycles. The first-order valence-corrected chi connectivity index (χ1v) is 12.8. The SMILES string of the molecule is CCOP(=O)(C(=O)c1c(C)cc(CSc2n[nH]c(=S)s2)cc1C)c1ccccc1. The van der Waals surface area contributed by atoms with E-state index in [-0.39, 0.29) is 6.61 Å². The van der Waals surface area contributed by atoms with Gasteiger partial charge in [0.1, 0.15) is 0 Å². The molecule has 0 bridgehead atoms. The lowest BCUT2D eigenvalue weighted by Crippen LogP contribution is -2.17. The molecule has 1 aromatic heterocycles. The van der Waals surface area contributed by atoms with Crippen LogP contribution >= 0.6 is 42.7 Å². The third-order valence-corrected chi connectivity index (χ3v) is 8.92. The second kappa shape index (κ2) is 9.49. The second-order valence-corrected chi connectivity index (χ2v) is 11.6. The molecule has 0 aliphatic rings. The molecule has 2 aromatic carbocycles. The van der Waals surface area contributed by atoms with Gasteiger partial charge in [-0.1, -0.05) is 53.4 Å². The van der Waals surface area contributed by atoms with Crippen LogP contribution in [0, 0.1) is 17.8 Å².